The number of aliphatic hydroxyl groups excluding tert-OH is 1. The minimum atomic E-state index is -4.59. The second-order valence-corrected chi connectivity index (χ2v) is 18.2. The lowest BCUT2D eigenvalue weighted by Gasteiger charge is -2.29. The second-order valence-electron chi connectivity index (χ2n) is 15.0. The van der Waals surface area contributed by atoms with Crippen LogP contribution in [0.2, 0.25) is 0 Å². The van der Waals surface area contributed by atoms with Gasteiger partial charge in [-0.3, -0.25) is 23.5 Å². The van der Waals surface area contributed by atoms with E-state index in [1.807, 2.05) is 37.2 Å². The Morgan fingerprint density at radius 1 is 0.759 bits per heavy atom. The van der Waals surface area contributed by atoms with E-state index in [4.69, 9.17) is 10.2 Å². The molecule has 0 spiro atoms. The summed E-state index contributed by atoms with van der Waals surface area (Å²) in [6.45, 7) is 8.28. The number of rotatable bonds is 16. The lowest BCUT2D eigenvalue weighted by atomic mass is 9.77. The molecule has 54 heavy (non-hydrogen) atoms. The van der Waals surface area contributed by atoms with Crippen LogP contribution in [0.5, 0.6) is 0 Å². The fraction of sp³-hybridized carbons (Fsp3) is 0.421. The van der Waals surface area contributed by atoms with E-state index in [2.05, 4.69) is 0 Å². The molecule has 2 aliphatic heterocycles. The zero-order chi connectivity index (χ0) is 40.0. The molecule has 2 aromatic carbocycles. The van der Waals surface area contributed by atoms with E-state index in [-0.39, 0.29) is 40.4 Å². The molecule has 0 unspecified atom stereocenters. The van der Waals surface area contributed by atoms with Crippen LogP contribution in [0.4, 0.5) is 11.4 Å². The second kappa shape index (κ2) is 15.2. The number of ketones is 1. The smallest absolute Gasteiger partial charge is 0.356 e. The van der Waals surface area contributed by atoms with Gasteiger partial charge in [0.25, 0.3) is 0 Å². The molecule has 0 atom stereocenters. The van der Waals surface area contributed by atoms with Gasteiger partial charge in [-0.25, -0.2) is 0 Å². The number of fused-ring (bicyclic) bond motifs is 2. The number of anilines is 1. The van der Waals surface area contributed by atoms with Crippen molar-refractivity contribution in [2.24, 2.45) is 0 Å². The molecule has 2 aromatic rings. The molecule has 3 aliphatic rings. The number of carbonyl (C=O) groups is 3. The van der Waals surface area contributed by atoms with Gasteiger partial charge >= 0.3 is 27.1 Å². The van der Waals surface area contributed by atoms with Crippen LogP contribution in [0.25, 0.3) is 0 Å². The Morgan fingerprint density at radius 2 is 1.31 bits per heavy atom. The van der Waals surface area contributed by atoms with Gasteiger partial charge in [0.1, 0.15) is 12.3 Å². The number of hydrogen-bond donors (Lipinski definition) is 7. The highest BCUT2D eigenvalue weighted by molar-refractivity contribution is 7.60. The predicted octanol–water partition coefficient (Wildman–Crippen LogP) is 4.96. The Morgan fingerprint density at radius 3 is 1.87 bits per heavy atom. The third-order valence-corrected chi connectivity index (χ3v) is 12.4. The molecule has 0 bridgehead atoms. The van der Waals surface area contributed by atoms with Crippen LogP contribution in [0.1, 0.15) is 90.2 Å². The summed E-state index contributed by atoms with van der Waals surface area (Å²) in [6, 6.07) is 8.89. The Kier molecular flexibility index (Phi) is 11.5. The van der Waals surface area contributed by atoms with Crippen molar-refractivity contribution in [2.45, 2.75) is 89.9 Å². The fourth-order valence-corrected chi connectivity index (χ4v) is 8.65. The van der Waals surface area contributed by atoms with Crippen LogP contribution in [-0.4, -0.2) is 76.0 Å². The van der Waals surface area contributed by atoms with Gasteiger partial charge < -0.3 is 39.8 Å². The van der Waals surface area contributed by atoms with Crippen molar-refractivity contribution in [2.75, 3.05) is 18.0 Å². The average molecular weight is 786 g/mol. The number of aliphatic carboxylic acids is 2. The highest BCUT2D eigenvalue weighted by Gasteiger charge is 2.48. The highest BCUT2D eigenvalue weighted by atomic mass is 31.2. The van der Waals surface area contributed by atoms with Gasteiger partial charge in [-0.1, -0.05) is 20.3 Å². The molecule has 290 valence electrons. The predicted molar refractivity (Wildman–Crippen MR) is 202 cm³/mol. The van der Waals surface area contributed by atoms with Gasteiger partial charge in [-0.15, -0.1) is 0 Å². The van der Waals surface area contributed by atoms with Crippen molar-refractivity contribution in [3.8, 4) is 0 Å². The molecule has 1 aliphatic carbocycles. The molecule has 0 saturated heterocycles. The van der Waals surface area contributed by atoms with E-state index < -0.39 is 43.7 Å². The number of allylic oxidation sites excluding steroid dienone is 5. The van der Waals surface area contributed by atoms with Crippen LogP contribution in [0.15, 0.2) is 71.2 Å². The summed E-state index contributed by atoms with van der Waals surface area (Å²) < 4.78 is 26.3. The van der Waals surface area contributed by atoms with Crippen LogP contribution >= 0.6 is 15.2 Å². The molecular formula is C38H47N2O12P2+. The van der Waals surface area contributed by atoms with Crippen molar-refractivity contribution in [1.82, 2.24) is 0 Å². The third kappa shape index (κ3) is 8.10. The van der Waals surface area contributed by atoms with Crippen molar-refractivity contribution in [3.63, 3.8) is 0 Å². The quantitative estimate of drug-likeness (QED) is 0.0517. The standard InChI is InChI=1S/C38H46N2O12P2/c1-37(2)27-19-23(53(47,48)49)13-15-29(27)39(17-9-5-7-11-33(41)42)31(37)21-25-35(45)26(36(25)46)22-32-38(3,4)28-20-24(54(50,51)52)14-16-30(28)40(32)18-10-6-8-12-34(43)44/h13-16,19-22H,5-12,17-18H2,1-4H3,(H6-,41,42,43,44,45,46,47,48,49,50,51,52)/p+1. The van der Waals surface area contributed by atoms with Crippen molar-refractivity contribution in [1.29, 1.82) is 0 Å². The largest absolute Gasteiger partial charge is 0.506 e. The van der Waals surface area contributed by atoms with Crippen LogP contribution in [0.3, 0.4) is 0 Å². The maximum Gasteiger partial charge on any atom is 0.356 e. The summed E-state index contributed by atoms with van der Waals surface area (Å²) in [6.07, 6.45) is 6.56. The Labute approximate surface area is 313 Å². The van der Waals surface area contributed by atoms with Gasteiger partial charge in [0.05, 0.1) is 27.2 Å². The molecule has 0 saturated carbocycles. The SMILES string of the molecule is CC1(C)C(/C=C2\C(=O)C(/C=C3\N(CCCCCC(=O)O)c4ccc(P(=O)(O)O)cc4C3(C)C)=C2O)=[N+](CCCCCC(=O)O)c2ccc(P(=O)(O)O)cc21. The normalized spacial score (nSPS) is 19.1. The van der Waals surface area contributed by atoms with E-state index in [9.17, 15) is 48.2 Å². The van der Waals surface area contributed by atoms with Crippen LogP contribution in [-0.2, 0) is 34.3 Å². The Hall–Kier alpha value is -4.16. The monoisotopic (exact) mass is 785 g/mol. The Bertz CT molecular complexity index is 2130. The highest BCUT2D eigenvalue weighted by Crippen LogP contribution is 2.50. The summed E-state index contributed by atoms with van der Waals surface area (Å²) in [5, 5.41) is 29.3. The zero-order valence-corrected chi connectivity index (χ0v) is 32.4. The van der Waals surface area contributed by atoms with Crippen LogP contribution in [0, 0.1) is 0 Å². The number of Topliss-reactive ketones (excluding diaryl/α,β-unsaturated/α-hetero) is 1. The lowest BCUT2D eigenvalue weighted by molar-refractivity contribution is -0.438. The number of aliphatic hydroxyl groups is 1. The first-order chi connectivity index (χ1) is 25.1. The average Bonchev–Trinajstić information content (AvgIpc) is 3.41. The molecular weight excluding hydrogens is 738 g/mol. The van der Waals surface area contributed by atoms with Crippen molar-refractivity contribution >= 4 is 60.6 Å². The molecule has 0 fully saturated rings. The fourth-order valence-electron chi connectivity index (χ4n) is 7.52. The van der Waals surface area contributed by atoms with Crippen LogP contribution < -0.4 is 15.5 Å². The van der Waals surface area contributed by atoms with Gasteiger partial charge in [0, 0.05) is 60.3 Å². The van der Waals surface area contributed by atoms with Gasteiger partial charge in [0.15, 0.2) is 5.71 Å². The number of hydrogen-bond acceptors (Lipinski definition) is 7. The van der Waals surface area contributed by atoms with E-state index in [0.29, 0.717) is 85.5 Å². The summed E-state index contributed by atoms with van der Waals surface area (Å²) in [5.41, 5.74) is 2.21. The first-order valence-electron chi connectivity index (χ1n) is 17.8. The molecule has 2 heterocycles. The number of carboxylic acid groups (broad SMARTS) is 2. The molecule has 16 heteroatoms. The number of carboxylic acids is 2. The minimum Gasteiger partial charge on any atom is -0.506 e. The minimum absolute atomic E-state index is 0.0225. The number of benzene rings is 2. The topological polar surface area (TPSA) is 233 Å². The summed E-state index contributed by atoms with van der Waals surface area (Å²) in [5.74, 6) is -2.49. The molecule has 0 amide bonds. The molecule has 14 nitrogen and oxygen atoms in total. The molecule has 0 aromatic heterocycles. The summed E-state index contributed by atoms with van der Waals surface area (Å²) >= 11 is 0. The lowest BCUT2D eigenvalue weighted by Crippen LogP contribution is -2.32. The maximum absolute atomic E-state index is 13.9. The Balaban J connectivity index is 1.55. The van der Waals surface area contributed by atoms with E-state index in [0.717, 1.165) is 0 Å². The first kappa shape index (κ1) is 41.0. The summed E-state index contributed by atoms with van der Waals surface area (Å²) in [7, 11) is -9.17. The van der Waals surface area contributed by atoms with E-state index in [1.54, 1.807) is 24.3 Å². The van der Waals surface area contributed by atoms with Gasteiger partial charge in [-0.2, -0.15) is 4.58 Å². The van der Waals surface area contributed by atoms with Crippen molar-refractivity contribution < 1.29 is 63.0 Å². The number of nitrogens with zero attached hydrogens (tertiary/aromatic N) is 2. The zero-order valence-electron chi connectivity index (χ0n) is 30.7. The van der Waals surface area contributed by atoms with E-state index in [1.165, 1.54) is 24.3 Å². The van der Waals surface area contributed by atoms with E-state index >= 15 is 0 Å². The molecule has 7 N–H and O–H groups in total. The third-order valence-electron chi connectivity index (χ3n) is 10.5. The van der Waals surface area contributed by atoms with Crippen molar-refractivity contribution in [3.05, 3.63) is 82.3 Å². The van der Waals surface area contributed by atoms with Gasteiger partial charge in [-0.05, 0) is 81.5 Å². The number of unbranched alkanes of at least 4 members (excludes halogenated alkanes) is 4. The number of carbonyl (C=O) groups excluding carboxylic acids is 1. The summed E-state index contributed by atoms with van der Waals surface area (Å²) in [4.78, 5) is 77.6. The molecule has 5 rings (SSSR count). The molecule has 0 radical (unpaired) electrons. The van der Waals surface area contributed by atoms with Gasteiger partial charge in [0.2, 0.25) is 11.5 Å². The maximum atomic E-state index is 13.9. The first-order valence-corrected chi connectivity index (χ1v) is 21.0.